The van der Waals surface area contributed by atoms with Crippen LogP contribution < -0.4 is 5.73 Å². The van der Waals surface area contributed by atoms with E-state index >= 15 is 0 Å². The molecule has 1 saturated heterocycles. The molecule has 0 saturated carbocycles. The molecule has 5 nitrogen and oxygen atoms in total. The Morgan fingerprint density at radius 3 is 2.61 bits per heavy atom. The average molecular weight is 274 g/mol. The van der Waals surface area contributed by atoms with Gasteiger partial charge in [-0.15, -0.1) is 0 Å². The molecule has 1 amide bonds. The maximum atomic E-state index is 11.8. The van der Waals surface area contributed by atoms with Crippen molar-refractivity contribution in [2.24, 2.45) is 11.7 Å². The fourth-order valence-electron chi connectivity index (χ4n) is 1.84. The standard InChI is InChI=1S/C12H22N2O3S/c1-9-2-5-14(6-3-9)11(15)8-18-7-4-10(13)12(16)17/h9-10H,2-8,13H2,1H3,(H,16,17). The van der Waals surface area contributed by atoms with Gasteiger partial charge in [-0.2, -0.15) is 11.8 Å². The highest BCUT2D eigenvalue weighted by molar-refractivity contribution is 7.99. The summed E-state index contributed by atoms with van der Waals surface area (Å²) in [5.41, 5.74) is 5.38. The normalized spacial score (nSPS) is 18.7. The quantitative estimate of drug-likeness (QED) is 0.699. The Morgan fingerprint density at radius 2 is 2.06 bits per heavy atom. The highest BCUT2D eigenvalue weighted by Gasteiger charge is 2.20. The molecule has 0 aliphatic carbocycles. The predicted octanol–water partition coefficient (Wildman–Crippen LogP) is 0.780. The molecule has 0 radical (unpaired) electrons. The number of amides is 1. The average Bonchev–Trinajstić information content (AvgIpc) is 2.34. The molecule has 0 bridgehead atoms. The topological polar surface area (TPSA) is 83.6 Å². The van der Waals surface area contributed by atoms with Gasteiger partial charge in [0.2, 0.25) is 5.91 Å². The van der Waals surface area contributed by atoms with Gasteiger partial charge in [0.1, 0.15) is 6.04 Å². The molecule has 0 spiro atoms. The summed E-state index contributed by atoms with van der Waals surface area (Å²) >= 11 is 1.47. The fourth-order valence-corrected chi connectivity index (χ4v) is 2.76. The van der Waals surface area contributed by atoms with Crippen molar-refractivity contribution in [1.29, 1.82) is 0 Å². The number of hydrogen-bond donors (Lipinski definition) is 2. The van der Waals surface area contributed by atoms with E-state index < -0.39 is 12.0 Å². The second-order valence-electron chi connectivity index (χ2n) is 4.85. The number of nitrogens with zero attached hydrogens (tertiary/aromatic N) is 1. The van der Waals surface area contributed by atoms with E-state index in [1.807, 2.05) is 4.90 Å². The lowest BCUT2D eigenvalue weighted by Crippen LogP contribution is -2.39. The van der Waals surface area contributed by atoms with Gasteiger partial charge >= 0.3 is 5.97 Å². The van der Waals surface area contributed by atoms with Crippen molar-refractivity contribution < 1.29 is 14.7 Å². The van der Waals surface area contributed by atoms with Gasteiger partial charge in [-0.3, -0.25) is 9.59 Å². The molecule has 1 atom stereocenters. The van der Waals surface area contributed by atoms with Crippen LogP contribution in [0.15, 0.2) is 0 Å². The van der Waals surface area contributed by atoms with Crippen molar-refractivity contribution >= 4 is 23.6 Å². The lowest BCUT2D eigenvalue weighted by molar-refractivity contribution is -0.138. The first kappa shape index (κ1) is 15.3. The van der Waals surface area contributed by atoms with E-state index in [0.29, 0.717) is 17.9 Å². The SMILES string of the molecule is CC1CCN(C(=O)CSCCC(N)C(=O)O)CC1. The fraction of sp³-hybridized carbons (Fsp3) is 0.833. The van der Waals surface area contributed by atoms with E-state index in [4.69, 9.17) is 10.8 Å². The molecule has 3 N–H and O–H groups in total. The second kappa shape index (κ2) is 7.63. The number of nitrogens with two attached hydrogens (primary N) is 1. The minimum atomic E-state index is -0.980. The van der Waals surface area contributed by atoms with Crippen molar-refractivity contribution in [3.05, 3.63) is 0 Å². The Labute approximate surface area is 112 Å². The van der Waals surface area contributed by atoms with Crippen LogP contribution in [0.1, 0.15) is 26.2 Å². The van der Waals surface area contributed by atoms with Crippen LogP contribution in [0.25, 0.3) is 0 Å². The van der Waals surface area contributed by atoms with Crippen molar-refractivity contribution in [3.63, 3.8) is 0 Å². The number of carbonyl (C=O) groups is 2. The molecule has 0 aromatic heterocycles. The third-order valence-electron chi connectivity index (χ3n) is 3.25. The summed E-state index contributed by atoms with van der Waals surface area (Å²) in [5.74, 6) is 0.947. The number of likely N-dealkylation sites (tertiary alicyclic amines) is 1. The second-order valence-corrected chi connectivity index (χ2v) is 5.95. The van der Waals surface area contributed by atoms with Gasteiger partial charge in [-0.25, -0.2) is 0 Å². The molecule has 18 heavy (non-hydrogen) atoms. The molecule has 1 unspecified atom stereocenters. The third-order valence-corrected chi connectivity index (χ3v) is 4.23. The number of piperidine rings is 1. The zero-order chi connectivity index (χ0) is 13.5. The first-order valence-electron chi connectivity index (χ1n) is 6.34. The number of rotatable bonds is 6. The van der Waals surface area contributed by atoms with Gasteiger partial charge in [0, 0.05) is 13.1 Å². The van der Waals surface area contributed by atoms with Crippen molar-refractivity contribution in [3.8, 4) is 0 Å². The number of carbonyl (C=O) groups excluding carboxylic acids is 1. The van der Waals surface area contributed by atoms with Crippen molar-refractivity contribution in [2.75, 3.05) is 24.6 Å². The van der Waals surface area contributed by atoms with E-state index in [-0.39, 0.29) is 5.91 Å². The van der Waals surface area contributed by atoms with E-state index in [1.54, 1.807) is 0 Å². The molecule has 6 heteroatoms. The van der Waals surface area contributed by atoms with Crippen LogP contribution in [0, 0.1) is 5.92 Å². The highest BCUT2D eigenvalue weighted by Crippen LogP contribution is 2.17. The summed E-state index contributed by atoms with van der Waals surface area (Å²) in [4.78, 5) is 24.2. The van der Waals surface area contributed by atoms with Crippen LogP contribution in [-0.2, 0) is 9.59 Å². The summed E-state index contributed by atoms with van der Waals surface area (Å²) < 4.78 is 0. The zero-order valence-electron chi connectivity index (χ0n) is 10.8. The van der Waals surface area contributed by atoms with Gasteiger partial charge in [0.05, 0.1) is 5.75 Å². The zero-order valence-corrected chi connectivity index (χ0v) is 11.6. The Balaban J connectivity index is 2.12. The van der Waals surface area contributed by atoms with Crippen LogP contribution in [0.5, 0.6) is 0 Å². The van der Waals surface area contributed by atoms with Gasteiger partial charge < -0.3 is 15.7 Å². The van der Waals surface area contributed by atoms with Crippen LogP contribution in [0.2, 0.25) is 0 Å². The van der Waals surface area contributed by atoms with Crippen LogP contribution >= 0.6 is 11.8 Å². The Morgan fingerprint density at radius 1 is 1.44 bits per heavy atom. The summed E-state index contributed by atoms with van der Waals surface area (Å²) in [6.07, 6.45) is 2.57. The number of aliphatic carboxylic acids is 1. The highest BCUT2D eigenvalue weighted by atomic mass is 32.2. The molecular formula is C12H22N2O3S. The van der Waals surface area contributed by atoms with Crippen LogP contribution in [-0.4, -0.2) is 52.5 Å². The Kier molecular flexibility index (Phi) is 6.49. The summed E-state index contributed by atoms with van der Waals surface area (Å²) in [6.45, 7) is 3.92. The molecule has 1 aliphatic heterocycles. The van der Waals surface area contributed by atoms with E-state index in [1.165, 1.54) is 11.8 Å². The van der Waals surface area contributed by atoms with E-state index in [0.717, 1.165) is 31.8 Å². The molecule has 1 heterocycles. The lowest BCUT2D eigenvalue weighted by atomic mass is 9.99. The van der Waals surface area contributed by atoms with Gasteiger partial charge in [0.15, 0.2) is 0 Å². The number of hydrogen-bond acceptors (Lipinski definition) is 4. The molecular weight excluding hydrogens is 252 g/mol. The van der Waals surface area contributed by atoms with Crippen LogP contribution in [0.4, 0.5) is 0 Å². The predicted molar refractivity (Wildman–Crippen MR) is 72.5 cm³/mol. The summed E-state index contributed by atoms with van der Waals surface area (Å²) in [6, 6.07) is -0.816. The Bertz CT molecular complexity index is 291. The number of carboxylic acid groups (broad SMARTS) is 1. The van der Waals surface area contributed by atoms with Gasteiger partial charge in [-0.05, 0) is 30.9 Å². The van der Waals surface area contributed by atoms with E-state index in [2.05, 4.69) is 6.92 Å². The first-order chi connectivity index (χ1) is 8.50. The molecule has 0 aromatic carbocycles. The molecule has 1 aliphatic rings. The molecule has 1 rings (SSSR count). The largest absolute Gasteiger partial charge is 0.480 e. The number of carboxylic acids is 1. The maximum absolute atomic E-state index is 11.8. The molecule has 0 aromatic rings. The lowest BCUT2D eigenvalue weighted by Gasteiger charge is -2.30. The van der Waals surface area contributed by atoms with Gasteiger partial charge in [0.25, 0.3) is 0 Å². The summed E-state index contributed by atoms with van der Waals surface area (Å²) in [5, 5.41) is 8.61. The maximum Gasteiger partial charge on any atom is 0.320 e. The first-order valence-corrected chi connectivity index (χ1v) is 7.50. The van der Waals surface area contributed by atoms with Crippen LogP contribution in [0.3, 0.4) is 0 Å². The smallest absolute Gasteiger partial charge is 0.320 e. The van der Waals surface area contributed by atoms with E-state index in [9.17, 15) is 9.59 Å². The Hall–Kier alpha value is -0.750. The van der Waals surface area contributed by atoms with Crippen molar-refractivity contribution in [2.45, 2.75) is 32.2 Å². The third kappa shape index (κ3) is 5.27. The van der Waals surface area contributed by atoms with Gasteiger partial charge in [-0.1, -0.05) is 6.92 Å². The monoisotopic (exact) mass is 274 g/mol. The summed E-state index contributed by atoms with van der Waals surface area (Å²) in [7, 11) is 0. The molecule has 1 fully saturated rings. The minimum absolute atomic E-state index is 0.163. The molecule has 104 valence electrons. The number of thioether (sulfide) groups is 1. The van der Waals surface area contributed by atoms with Crippen molar-refractivity contribution in [1.82, 2.24) is 4.90 Å². The minimum Gasteiger partial charge on any atom is -0.480 e.